The number of ether oxygens (including phenoxy) is 2. The number of rotatable bonds is 2. The van der Waals surface area contributed by atoms with Crippen molar-refractivity contribution in [2.24, 2.45) is 0 Å². The third kappa shape index (κ3) is 2.72. The fourth-order valence-corrected chi connectivity index (χ4v) is 3.50. The van der Waals surface area contributed by atoms with Crippen LogP contribution in [0, 0.1) is 0 Å². The SMILES string of the molecule is C[C@@H]1Oc2ccccc2O[C@@H]1C(=O)N1CCC[C@@H](c2ccn[nH]2)C1. The number of hydrogen-bond donors (Lipinski definition) is 1. The van der Waals surface area contributed by atoms with Crippen molar-refractivity contribution in [3.8, 4) is 11.5 Å². The van der Waals surface area contributed by atoms with Gasteiger partial charge in [0.1, 0.15) is 6.10 Å². The van der Waals surface area contributed by atoms with E-state index in [4.69, 9.17) is 9.47 Å². The number of carbonyl (C=O) groups excluding carboxylic acids is 1. The van der Waals surface area contributed by atoms with Gasteiger partial charge in [-0.1, -0.05) is 12.1 Å². The van der Waals surface area contributed by atoms with Gasteiger partial charge in [0.05, 0.1) is 0 Å². The number of H-pyrrole nitrogens is 1. The maximum absolute atomic E-state index is 13.0. The van der Waals surface area contributed by atoms with Crippen molar-refractivity contribution < 1.29 is 14.3 Å². The largest absolute Gasteiger partial charge is 0.482 e. The highest BCUT2D eigenvalue weighted by Crippen LogP contribution is 2.34. The molecule has 1 aromatic carbocycles. The maximum Gasteiger partial charge on any atom is 0.267 e. The van der Waals surface area contributed by atoms with E-state index in [1.165, 1.54) is 0 Å². The molecule has 0 unspecified atom stereocenters. The quantitative estimate of drug-likeness (QED) is 0.919. The van der Waals surface area contributed by atoms with Crippen LogP contribution in [-0.2, 0) is 4.79 Å². The van der Waals surface area contributed by atoms with E-state index < -0.39 is 6.10 Å². The van der Waals surface area contributed by atoms with E-state index in [9.17, 15) is 4.79 Å². The smallest absolute Gasteiger partial charge is 0.267 e. The van der Waals surface area contributed by atoms with Gasteiger partial charge in [0.2, 0.25) is 6.10 Å². The van der Waals surface area contributed by atoms with Crippen LogP contribution in [0.4, 0.5) is 0 Å². The van der Waals surface area contributed by atoms with Crippen LogP contribution < -0.4 is 9.47 Å². The maximum atomic E-state index is 13.0. The molecule has 4 rings (SSSR count). The Balaban J connectivity index is 1.49. The summed E-state index contributed by atoms with van der Waals surface area (Å²) in [7, 11) is 0. The van der Waals surface area contributed by atoms with E-state index in [1.807, 2.05) is 42.2 Å². The molecule has 24 heavy (non-hydrogen) atoms. The van der Waals surface area contributed by atoms with Crippen LogP contribution in [0.5, 0.6) is 11.5 Å². The summed E-state index contributed by atoms with van der Waals surface area (Å²) >= 11 is 0. The summed E-state index contributed by atoms with van der Waals surface area (Å²) in [6, 6.07) is 9.47. The second kappa shape index (κ2) is 6.19. The van der Waals surface area contributed by atoms with Crippen molar-refractivity contribution in [1.82, 2.24) is 15.1 Å². The van der Waals surface area contributed by atoms with Crippen LogP contribution in [-0.4, -0.2) is 46.3 Å². The molecule has 2 aromatic rings. The molecule has 1 fully saturated rings. The summed E-state index contributed by atoms with van der Waals surface area (Å²) in [5, 5.41) is 7.04. The van der Waals surface area contributed by atoms with Gasteiger partial charge in [-0.05, 0) is 38.0 Å². The van der Waals surface area contributed by atoms with Crippen LogP contribution in [0.15, 0.2) is 36.5 Å². The second-order valence-electron chi connectivity index (χ2n) is 6.44. The van der Waals surface area contributed by atoms with Crippen LogP contribution in [0.2, 0.25) is 0 Å². The summed E-state index contributed by atoms with van der Waals surface area (Å²) in [5.41, 5.74) is 1.09. The molecule has 0 aliphatic carbocycles. The molecule has 126 valence electrons. The van der Waals surface area contributed by atoms with Gasteiger partial charge in [0.25, 0.3) is 5.91 Å². The summed E-state index contributed by atoms with van der Waals surface area (Å²) in [6.07, 6.45) is 2.90. The van der Waals surface area contributed by atoms with E-state index in [0.717, 1.165) is 25.1 Å². The Morgan fingerprint density at radius 3 is 2.79 bits per heavy atom. The number of hydrogen-bond acceptors (Lipinski definition) is 4. The van der Waals surface area contributed by atoms with Crippen LogP contribution in [0.25, 0.3) is 0 Å². The Bertz CT molecular complexity index is 716. The first-order valence-electron chi connectivity index (χ1n) is 8.43. The highest BCUT2D eigenvalue weighted by Gasteiger charge is 2.38. The van der Waals surface area contributed by atoms with Crippen molar-refractivity contribution in [2.75, 3.05) is 13.1 Å². The molecule has 1 aromatic heterocycles. The molecule has 0 saturated carbocycles. The lowest BCUT2D eigenvalue weighted by molar-refractivity contribution is -0.145. The number of carbonyl (C=O) groups is 1. The predicted octanol–water partition coefficient (Wildman–Crippen LogP) is 2.34. The fraction of sp³-hybridized carbons (Fsp3) is 0.444. The van der Waals surface area contributed by atoms with Crippen molar-refractivity contribution in [2.45, 2.75) is 37.9 Å². The minimum Gasteiger partial charge on any atom is -0.482 e. The number of fused-ring (bicyclic) bond motifs is 1. The zero-order valence-corrected chi connectivity index (χ0v) is 13.6. The number of likely N-dealkylation sites (tertiary alicyclic amines) is 1. The summed E-state index contributed by atoms with van der Waals surface area (Å²) in [4.78, 5) is 14.9. The molecule has 6 nitrogen and oxygen atoms in total. The molecule has 0 spiro atoms. The first kappa shape index (κ1) is 15.1. The van der Waals surface area contributed by atoms with Crippen molar-refractivity contribution in [3.63, 3.8) is 0 Å². The Kier molecular flexibility index (Phi) is 3.88. The van der Waals surface area contributed by atoms with E-state index in [0.29, 0.717) is 24.0 Å². The molecule has 3 atom stereocenters. The molecule has 1 saturated heterocycles. The average molecular weight is 327 g/mol. The minimum atomic E-state index is -0.597. The van der Waals surface area contributed by atoms with E-state index in [2.05, 4.69) is 10.2 Å². The van der Waals surface area contributed by atoms with E-state index >= 15 is 0 Å². The Hall–Kier alpha value is -2.50. The van der Waals surface area contributed by atoms with Gasteiger partial charge < -0.3 is 14.4 Å². The van der Waals surface area contributed by atoms with Crippen LogP contribution in [0.3, 0.4) is 0 Å². The zero-order chi connectivity index (χ0) is 16.5. The number of amides is 1. The van der Waals surface area contributed by atoms with Crippen molar-refractivity contribution in [3.05, 3.63) is 42.2 Å². The Morgan fingerprint density at radius 2 is 2.04 bits per heavy atom. The van der Waals surface area contributed by atoms with Crippen LogP contribution >= 0.6 is 0 Å². The van der Waals surface area contributed by atoms with Crippen molar-refractivity contribution >= 4 is 5.91 Å². The molecule has 3 heterocycles. The summed E-state index contributed by atoms with van der Waals surface area (Å²) in [6.45, 7) is 3.34. The number of nitrogens with one attached hydrogen (secondary N) is 1. The second-order valence-corrected chi connectivity index (χ2v) is 6.44. The van der Waals surface area contributed by atoms with Crippen LogP contribution in [0.1, 0.15) is 31.4 Å². The lowest BCUT2D eigenvalue weighted by atomic mass is 9.94. The Morgan fingerprint density at radius 1 is 1.25 bits per heavy atom. The molecule has 2 aliphatic heterocycles. The molecular weight excluding hydrogens is 306 g/mol. The normalized spacial score (nSPS) is 26.2. The Labute approximate surface area is 140 Å². The lowest BCUT2D eigenvalue weighted by Crippen LogP contribution is -2.52. The topological polar surface area (TPSA) is 67.5 Å². The highest BCUT2D eigenvalue weighted by atomic mass is 16.6. The number of para-hydroxylation sites is 2. The third-order valence-electron chi connectivity index (χ3n) is 4.78. The van der Waals surface area contributed by atoms with Crippen molar-refractivity contribution in [1.29, 1.82) is 0 Å². The average Bonchev–Trinajstić information content (AvgIpc) is 3.15. The van der Waals surface area contributed by atoms with E-state index in [-0.39, 0.29) is 12.0 Å². The predicted molar refractivity (Wildman–Crippen MR) is 88.1 cm³/mol. The van der Waals surface area contributed by atoms with Gasteiger partial charge in [-0.25, -0.2) is 0 Å². The monoisotopic (exact) mass is 327 g/mol. The van der Waals surface area contributed by atoms with Gasteiger partial charge in [-0.3, -0.25) is 9.89 Å². The molecular formula is C18H21N3O3. The number of piperidine rings is 1. The summed E-state index contributed by atoms with van der Waals surface area (Å²) < 4.78 is 11.8. The molecule has 6 heteroatoms. The third-order valence-corrected chi connectivity index (χ3v) is 4.78. The lowest BCUT2D eigenvalue weighted by Gasteiger charge is -2.37. The molecule has 0 bridgehead atoms. The minimum absolute atomic E-state index is 0.00113. The summed E-state index contributed by atoms with van der Waals surface area (Å²) in [5.74, 6) is 1.64. The molecule has 0 radical (unpaired) electrons. The van der Waals surface area contributed by atoms with E-state index in [1.54, 1.807) is 6.20 Å². The van der Waals surface area contributed by atoms with Gasteiger partial charge in [0.15, 0.2) is 11.5 Å². The van der Waals surface area contributed by atoms with Gasteiger partial charge >= 0.3 is 0 Å². The molecule has 1 N–H and O–H groups in total. The number of nitrogens with zero attached hydrogens (tertiary/aromatic N) is 2. The molecule has 2 aliphatic rings. The first-order valence-corrected chi connectivity index (χ1v) is 8.43. The van der Waals surface area contributed by atoms with Gasteiger partial charge in [-0.2, -0.15) is 5.10 Å². The van der Waals surface area contributed by atoms with Gasteiger partial charge in [-0.15, -0.1) is 0 Å². The van der Waals surface area contributed by atoms with Gasteiger partial charge in [0, 0.05) is 30.9 Å². The fourth-order valence-electron chi connectivity index (χ4n) is 3.50. The number of aromatic nitrogens is 2. The number of aromatic amines is 1. The zero-order valence-electron chi connectivity index (χ0n) is 13.6. The number of benzene rings is 1. The first-order chi connectivity index (χ1) is 11.7. The standard InChI is InChI=1S/C18H21N3O3/c1-12-17(24-16-7-3-2-6-15(16)23-12)18(22)21-10-4-5-13(11-21)14-8-9-19-20-14/h2-3,6-9,12-13,17H,4-5,10-11H2,1H3,(H,19,20)/t12-,13+,17-/m0/s1. The highest BCUT2D eigenvalue weighted by molar-refractivity contribution is 5.82. The molecule has 1 amide bonds.